The van der Waals surface area contributed by atoms with Crippen LogP contribution in [0.3, 0.4) is 0 Å². The van der Waals surface area contributed by atoms with E-state index in [1.54, 1.807) is 42.4 Å². The third kappa shape index (κ3) is 3.73. The highest BCUT2D eigenvalue weighted by Gasteiger charge is 2.08. The van der Waals surface area contributed by atoms with Gasteiger partial charge < -0.3 is 9.80 Å². The molecule has 1 aromatic carbocycles. The molecule has 0 bridgehead atoms. The summed E-state index contributed by atoms with van der Waals surface area (Å²) in [6, 6.07) is 7.02. The molecule has 0 unspecified atom stereocenters. The van der Waals surface area contributed by atoms with Crippen molar-refractivity contribution < 1.29 is 9.59 Å². The molecule has 1 aromatic rings. The molecule has 0 aliphatic heterocycles. The first kappa shape index (κ1) is 14.0. The Labute approximate surface area is 108 Å². The Balaban J connectivity index is 2.95. The Morgan fingerprint density at radius 3 is 2.39 bits per heavy atom. The van der Waals surface area contributed by atoms with Gasteiger partial charge in [-0.05, 0) is 12.1 Å². The zero-order chi connectivity index (χ0) is 13.7. The third-order valence-corrected chi connectivity index (χ3v) is 2.51. The molecule has 0 N–H and O–H groups in total. The first-order valence-electron chi connectivity index (χ1n) is 5.65. The van der Waals surface area contributed by atoms with E-state index in [1.165, 1.54) is 17.9 Å². The number of benzene rings is 1. The third-order valence-electron chi connectivity index (χ3n) is 2.51. The fraction of sp³-hybridized carbons (Fsp3) is 0.286. The van der Waals surface area contributed by atoms with Gasteiger partial charge in [0.1, 0.15) is 0 Å². The Hall–Kier alpha value is -2.10. The highest BCUT2D eigenvalue weighted by Crippen LogP contribution is 2.15. The van der Waals surface area contributed by atoms with E-state index in [-0.39, 0.29) is 11.7 Å². The van der Waals surface area contributed by atoms with E-state index in [0.29, 0.717) is 11.3 Å². The van der Waals surface area contributed by atoms with Crippen molar-refractivity contribution >= 4 is 17.4 Å². The van der Waals surface area contributed by atoms with Gasteiger partial charge in [0, 0.05) is 51.6 Å². The van der Waals surface area contributed by atoms with Crippen molar-refractivity contribution in [3.05, 3.63) is 42.1 Å². The monoisotopic (exact) mass is 246 g/mol. The second kappa shape index (κ2) is 6.00. The minimum absolute atomic E-state index is 0.0663. The van der Waals surface area contributed by atoms with E-state index in [4.69, 9.17) is 0 Å². The molecule has 96 valence electrons. The fourth-order valence-electron chi connectivity index (χ4n) is 1.36. The van der Waals surface area contributed by atoms with Crippen LogP contribution in [0.1, 0.15) is 17.3 Å². The smallest absolute Gasteiger partial charge is 0.223 e. The number of ketones is 1. The van der Waals surface area contributed by atoms with E-state index < -0.39 is 0 Å². The number of hydrogen-bond acceptors (Lipinski definition) is 3. The predicted octanol–water partition coefficient (Wildman–Crippen LogP) is 1.93. The molecule has 0 aliphatic rings. The maximum atomic E-state index is 11.9. The van der Waals surface area contributed by atoms with Gasteiger partial charge in [0.15, 0.2) is 5.78 Å². The van der Waals surface area contributed by atoms with E-state index in [2.05, 4.69) is 0 Å². The van der Waals surface area contributed by atoms with Crippen LogP contribution in [0.25, 0.3) is 0 Å². The van der Waals surface area contributed by atoms with Gasteiger partial charge in [-0.15, -0.1) is 0 Å². The van der Waals surface area contributed by atoms with Gasteiger partial charge in [0.2, 0.25) is 5.91 Å². The molecule has 0 radical (unpaired) electrons. The summed E-state index contributed by atoms with van der Waals surface area (Å²) in [6.45, 7) is 1.49. The average Bonchev–Trinajstić information content (AvgIpc) is 2.34. The number of hydrogen-bond donors (Lipinski definition) is 0. The molecule has 1 rings (SSSR count). The normalized spacial score (nSPS) is 10.4. The zero-order valence-electron chi connectivity index (χ0n) is 11.2. The molecule has 0 aliphatic carbocycles. The van der Waals surface area contributed by atoms with E-state index >= 15 is 0 Å². The van der Waals surface area contributed by atoms with Crippen molar-refractivity contribution in [3.8, 4) is 0 Å². The van der Waals surface area contributed by atoms with Crippen LogP contribution in [0, 0.1) is 0 Å². The minimum Gasteiger partial charge on any atom is -0.383 e. The molecule has 0 aromatic heterocycles. The summed E-state index contributed by atoms with van der Waals surface area (Å²) >= 11 is 0. The second-order valence-electron chi connectivity index (χ2n) is 4.27. The molecule has 0 spiro atoms. The lowest BCUT2D eigenvalue weighted by molar-refractivity contribution is -0.116. The molecule has 4 nitrogen and oxygen atoms in total. The lowest BCUT2D eigenvalue weighted by Crippen LogP contribution is -2.22. The van der Waals surface area contributed by atoms with Crippen molar-refractivity contribution in [2.75, 3.05) is 26.0 Å². The summed E-state index contributed by atoms with van der Waals surface area (Å²) in [5.41, 5.74) is 1.28. The van der Waals surface area contributed by atoms with Gasteiger partial charge >= 0.3 is 0 Å². The lowest BCUT2D eigenvalue weighted by Gasteiger charge is -2.15. The van der Waals surface area contributed by atoms with Crippen LogP contribution in [0.15, 0.2) is 36.5 Å². The molecule has 0 saturated carbocycles. The molecule has 0 fully saturated rings. The van der Waals surface area contributed by atoms with E-state index in [1.807, 2.05) is 14.1 Å². The van der Waals surface area contributed by atoms with Gasteiger partial charge in [-0.2, -0.15) is 0 Å². The van der Waals surface area contributed by atoms with E-state index in [0.717, 1.165) is 0 Å². The molecule has 18 heavy (non-hydrogen) atoms. The van der Waals surface area contributed by atoms with Crippen molar-refractivity contribution in [1.82, 2.24) is 4.90 Å². The van der Waals surface area contributed by atoms with Gasteiger partial charge in [0.25, 0.3) is 0 Å². The molecule has 4 heteroatoms. The van der Waals surface area contributed by atoms with E-state index in [9.17, 15) is 9.59 Å². The summed E-state index contributed by atoms with van der Waals surface area (Å²) in [7, 11) is 5.38. The van der Waals surface area contributed by atoms with Crippen molar-refractivity contribution in [2.45, 2.75) is 6.92 Å². The highest BCUT2D eigenvalue weighted by molar-refractivity contribution is 6.05. The second-order valence-corrected chi connectivity index (χ2v) is 4.27. The van der Waals surface area contributed by atoms with Gasteiger partial charge in [-0.1, -0.05) is 12.1 Å². The number of allylic oxidation sites excluding steroid dienone is 1. The van der Waals surface area contributed by atoms with Crippen LogP contribution in [-0.2, 0) is 4.79 Å². The Morgan fingerprint density at radius 2 is 1.83 bits per heavy atom. The zero-order valence-corrected chi connectivity index (χ0v) is 11.2. The van der Waals surface area contributed by atoms with Gasteiger partial charge in [0.05, 0.1) is 0 Å². The fourth-order valence-corrected chi connectivity index (χ4v) is 1.36. The average molecular weight is 246 g/mol. The Bertz CT molecular complexity index is 478. The predicted molar refractivity (Wildman–Crippen MR) is 72.7 cm³/mol. The number of nitrogens with zero attached hydrogens (tertiary/aromatic N) is 2. The summed E-state index contributed by atoms with van der Waals surface area (Å²) in [4.78, 5) is 26.4. The standard InChI is InChI=1S/C14H18N2O2/c1-11(17)16(4)13-7-5-6-12(10-13)14(18)8-9-15(2)3/h5-10H,1-4H3/b9-8+. The maximum absolute atomic E-state index is 11.9. The molecule has 0 atom stereocenters. The number of carbonyl (C=O) groups is 2. The molecular formula is C14H18N2O2. The minimum atomic E-state index is -0.0810. The van der Waals surface area contributed by atoms with Crippen LogP contribution >= 0.6 is 0 Å². The summed E-state index contributed by atoms with van der Waals surface area (Å²) < 4.78 is 0. The number of anilines is 1. The van der Waals surface area contributed by atoms with Crippen LogP contribution < -0.4 is 4.90 Å². The molecular weight excluding hydrogens is 228 g/mol. The van der Waals surface area contributed by atoms with Crippen molar-refractivity contribution in [2.24, 2.45) is 0 Å². The summed E-state index contributed by atoms with van der Waals surface area (Å²) in [5.74, 6) is -0.147. The van der Waals surface area contributed by atoms with Gasteiger partial charge in [-0.25, -0.2) is 0 Å². The summed E-state index contributed by atoms with van der Waals surface area (Å²) in [5, 5.41) is 0. The van der Waals surface area contributed by atoms with Crippen molar-refractivity contribution in [1.29, 1.82) is 0 Å². The number of amides is 1. The number of carbonyl (C=O) groups excluding carboxylic acids is 2. The topological polar surface area (TPSA) is 40.6 Å². The number of rotatable bonds is 4. The van der Waals surface area contributed by atoms with Crippen molar-refractivity contribution in [3.63, 3.8) is 0 Å². The molecule has 1 amide bonds. The maximum Gasteiger partial charge on any atom is 0.223 e. The highest BCUT2D eigenvalue weighted by atomic mass is 16.2. The first-order valence-corrected chi connectivity index (χ1v) is 5.65. The quantitative estimate of drug-likeness (QED) is 0.602. The SMILES string of the molecule is CC(=O)N(C)c1cccc(C(=O)/C=C/N(C)C)c1. The summed E-state index contributed by atoms with van der Waals surface area (Å²) in [6.07, 6.45) is 3.20. The molecule has 0 heterocycles. The van der Waals surface area contributed by atoms with Crippen LogP contribution in [0.4, 0.5) is 5.69 Å². The largest absolute Gasteiger partial charge is 0.383 e. The Kier molecular flexibility index (Phi) is 4.66. The molecule has 0 saturated heterocycles. The van der Waals surface area contributed by atoms with Crippen LogP contribution in [0.5, 0.6) is 0 Å². The van der Waals surface area contributed by atoms with Gasteiger partial charge in [-0.3, -0.25) is 9.59 Å². The van der Waals surface area contributed by atoms with Crippen LogP contribution in [-0.4, -0.2) is 37.7 Å². The first-order chi connectivity index (χ1) is 8.41. The Morgan fingerprint density at radius 1 is 1.17 bits per heavy atom. The lowest BCUT2D eigenvalue weighted by atomic mass is 10.1. The van der Waals surface area contributed by atoms with Crippen LogP contribution in [0.2, 0.25) is 0 Å².